The normalized spacial score (nSPS) is 26.7. The maximum Gasteiger partial charge on any atom is 0.127 e. The van der Waals surface area contributed by atoms with Crippen LogP contribution in [0.15, 0.2) is 54.6 Å². The first kappa shape index (κ1) is 11.9. The predicted molar refractivity (Wildman–Crippen MR) is 76.9 cm³/mol. The molecule has 2 atom stereocenters. The quantitative estimate of drug-likeness (QED) is 0.798. The zero-order chi connectivity index (χ0) is 12.6. The molecule has 0 saturated heterocycles. The summed E-state index contributed by atoms with van der Waals surface area (Å²) in [7, 11) is 0. The number of fused-ring (bicyclic) bond motifs is 1. The molecule has 0 spiro atoms. The molecule has 0 aromatic heterocycles. The largest absolute Gasteiger partial charge is 0.379 e. The van der Waals surface area contributed by atoms with Crippen molar-refractivity contribution in [1.29, 1.82) is 0 Å². The van der Waals surface area contributed by atoms with E-state index in [-0.39, 0.29) is 4.83 Å². The van der Waals surface area contributed by atoms with E-state index >= 15 is 0 Å². The third-order valence-corrected chi connectivity index (χ3v) is 4.88. The Labute approximate surface area is 116 Å². The van der Waals surface area contributed by atoms with Crippen LogP contribution in [0, 0.1) is 0 Å². The topological polar surface area (TPSA) is 20.2 Å². The summed E-state index contributed by atoms with van der Waals surface area (Å²) in [6.45, 7) is 0. The molecule has 0 aliphatic heterocycles. The van der Waals surface area contributed by atoms with E-state index in [0.29, 0.717) is 0 Å². The molecule has 92 valence electrons. The van der Waals surface area contributed by atoms with Crippen LogP contribution in [0.1, 0.15) is 23.1 Å². The number of halogens is 1. The first-order valence-corrected chi connectivity index (χ1v) is 7.15. The maximum atomic E-state index is 11.2. The summed E-state index contributed by atoms with van der Waals surface area (Å²) in [6.07, 6.45) is 1.96. The van der Waals surface area contributed by atoms with Gasteiger partial charge in [-0.3, -0.25) is 0 Å². The first-order chi connectivity index (χ1) is 8.73. The highest BCUT2D eigenvalue weighted by molar-refractivity contribution is 9.09. The molecule has 1 N–H and O–H groups in total. The Kier molecular flexibility index (Phi) is 3.00. The van der Waals surface area contributed by atoms with E-state index in [2.05, 4.69) is 22.0 Å². The molecule has 0 radical (unpaired) electrons. The van der Waals surface area contributed by atoms with Crippen molar-refractivity contribution >= 4 is 15.9 Å². The summed E-state index contributed by atoms with van der Waals surface area (Å²) in [5.74, 6) is 0. The summed E-state index contributed by atoms with van der Waals surface area (Å²) in [6, 6.07) is 18.1. The Morgan fingerprint density at radius 1 is 1.00 bits per heavy atom. The second-order valence-electron chi connectivity index (χ2n) is 4.80. The van der Waals surface area contributed by atoms with Gasteiger partial charge in [0.1, 0.15) is 5.60 Å². The SMILES string of the molecule is O[C@]1(c2ccccc2)c2ccccc2CC[C@H]1Br. The Balaban J connectivity index is 2.21. The molecule has 1 aliphatic rings. The highest BCUT2D eigenvalue weighted by Crippen LogP contribution is 2.43. The average molecular weight is 303 g/mol. The summed E-state index contributed by atoms with van der Waals surface area (Å²) < 4.78 is 0. The van der Waals surface area contributed by atoms with E-state index in [9.17, 15) is 5.11 Å². The van der Waals surface area contributed by atoms with Crippen molar-refractivity contribution in [3.63, 3.8) is 0 Å². The number of alkyl halides is 1. The van der Waals surface area contributed by atoms with Gasteiger partial charge in [0.25, 0.3) is 0 Å². The fourth-order valence-electron chi connectivity index (χ4n) is 2.80. The first-order valence-electron chi connectivity index (χ1n) is 6.23. The summed E-state index contributed by atoms with van der Waals surface area (Å²) >= 11 is 3.67. The van der Waals surface area contributed by atoms with Crippen LogP contribution < -0.4 is 0 Å². The fourth-order valence-corrected chi connectivity index (χ4v) is 3.54. The van der Waals surface area contributed by atoms with Crippen molar-refractivity contribution < 1.29 is 5.11 Å². The van der Waals surface area contributed by atoms with E-state index in [1.54, 1.807) is 0 Å². The smallest absolute Gasteiger partial charge is 0.127 e. The van der Waals surface area contributed by atoms with Gasteiger partial charge in [0.2, 0.25) is 0 Å². The van der Waals surface area contributed by atoms with Crippen LogP contribution in [-0.4, -0.2) is 9.93 Å². The summed E-state index contributed by atoms with van der Waals surface area (Å²) in [5, 5.41) is 11.2. The van der Waals surface area contributed by atoms with Gasteiger partial charge in [0.05, 0.1) is 4.83 Å². The lowest BCUT2D eigenvalue weighted by Gasteiger charge is -2.39. The number of aryl methyl sites for hydroxylation is 1. The number of hydrogen-bond acceptors (Lipinski definition) is 1. The second kappa shape index (κ2) is 4.52. The minimum Gasteiger partial charge on any atom is -0.379 e. The highest BCUT2D eigenvalue weighted by Gasteiger charge is 2.42. The fraction of sp³-hybridized carbons (Fsp3) is 0.250. The maximum absolute atomic E-state index is 11.2. The van der Waals surface area contributed by atoms with Gasteiger partial charge < -0.3 is 5.11 Å². The van der Waals surface area contributed by atoms with E-state index in [1.807, 2.05) is 48.5 Å². The van der Waals surface area contributed by atoms with Crippen molar-refractivity contribution in [3.8, 4) is 0 Å². The monoisotopic (exact) mass is 302 g/mol. The third-order valence-electron chi connectivity index (χ3n) is 3.76. The lowest BCUT2D eigenvalue weighted by Crippen LogP contribution is -2.41. The van der Waals surface area contributed by atoms with Gasteiger partial charge in [0, 0.05) is 0 Å². The third kappa shape index (κ3) is 1.72. The van der Waals surface area contributed by atoms with Gasteiger partial charge in [-0.05, 0) is 29.5 Å². The van der Waals surface area contributed by atoms with E-state index < -0.39 is 5.60 Å². The van der Waals surface area contributed by atoms with Gasteiger partial charge in [-0.15, -0.1) is 0 Å². The molecule has 0 amide bonds. The van der Waals surface area contributed by atoms with Gasteiger partial charge in [0.15, 0.2) is 0 Å². The number of hydrogen-bond donors (Lipinski definition) is 1. The van der Waals surface area contributed by atoms with Crippen LogP contribution in [0.5, 0.6) is 0 Å². The standard InChI is InChI=1S/C16H15BrO/c17-15-11-10-12-6-4-5-9-14(12)16(15,18)13-7-2-1-3-8-13/h1-9,15,18H,10-11H2/t15-,16-/m1/s1. The van der Waals surface area contributed by atoms with Crippen LogP contribution in [0.3, 0.4) is 0 Å². The lowest BCUT2D eigenvalue weighted by molar-refractivity contribution is 0.0705. The molecule has 1 aliphatic carbocycles. The van der Waals surface area contributed by atoms with Crippen LogP contribution >= 0.6 is 15.9 Å². The van der Waals surface area contributed by atoms with Crippen LogP contribution in [0.4, 0.5) is 0 Å². The van der Waals surface area contributed by atoms with E-state index in [0.717, 1.165) is 24.0 Å². The molecule has 0 bridgehead atoms. The Morgan fingerprint density at radius 2 is 1.67 bits per heavy atom. The van der Waals surface area contributed by atoms with Crippen LogP contribution in [-0.2, 0) is 12.0 Å². The van der Waals surface area contributed by atoms with Crippen molar-refractivity contribution in [2.45, 2.75) is 23.3 Å². The summed E-state index contributed by atoms with van der Waals surface area (Å²) in [4.78, 5) is 0.0577. The molecular weight excluding hydrogens is 288 g/mol. The van der Waals surface area contributed by atoms with Crippen molar-refractivity contribution in [1.82, 2.24) is 0 Å². The molecule has 18 heavy (non-hydrogen) atoms. The Hall–Kier alpha value is -1.12. The van der Waals surface area contributed by atoms with E-state index in [1.165, 1.54) is 5.56 Å². The predicted octanol–water partition coefficient (Wildman–Crippen LogP) is 3.63. The number of aliphatic hydroxyl groups is 1. The van der Waals surface area contributed by atoms with Crippen molar-refractivity contribution in [3.05, 3.63) is 71.3 Å². The van der Waals surface area contributed by atoms with Crippen molar-refractivity contribution in [2.75, 3.05) is 0 Å². The van der Waals surface area contributed by atoms with Gasteiger partial charge >= 0.3 is 0 Å². The Morgan fingerprint density at radius 3 is 2.44 bits per heavy atom. The highest BCUT2D eigenvalue weighted by atomic mass is 79.9. The van der Waals surface area contributed by atoms with Crippen LogP contribution in [0.25, 0.3) is 0 Å². The molecule has 2 aromatic carbocycles. The number of benzene rings is 2. The molecule has 2 heteroatoms. The van der Waals surface area contributed by atoms with Gasteiger partial charge in [-0.2, -0.15) is 0 Å². The average Bonchev–Trinajstić information content (AvgIpc) is 2.44. The molecule has 3 rings (SSSR count). The molecule has 2 aromatic rings. The van der Waals surface area contributed by atoms with E-state index in [4.69, 9.17) is 0 Å². The minimum absolute atomic E-state index is 0.0577. The van der Waals surface area contributed by atoms with Crippen LogP contribution in [0.2, 0.25) is 0 Å². The molecule has 0 unspecified atom stereocenters. The second-order valence-corrected chi connectivity index (χ2v) is 5.90. The van der Waals surface area contributed by atoms with Crippen molar-refractivity contribution in [2.24, 2.45) is 0 Å². The zero-order valence-electron chi connectivity index (χ0n) is 10.0. The molecule has 0 heterocycles. The molecular formula is C16H15BrO. The molecule has 0 saturated carbocycles. The zero-order valence-corrected chi connectivity index (χ0v) is 11.6. The Bertz CT molecular complexity index is 552. The number of rotatable bonds is 1. The van der Waals surface area contributed by atoms with Gasteiger partial charge in [-0.1, -0.05) is 70.5 Å². The summed E-state index contributed by atoms with van der Waals surface area (Å²) in [5.41, 5.74) is 2.32. The minimum atomic E-state index is -0.921. The van der Waals surface area contributed by atoms with Gasteiger partial charge in [-0.25, -0.2) is 0 Å². The molecule has 0 fully saturated rings. The molecule has 1 nitrogen and oxygen atoms in total. The lowest BCUT2D eigenvalue weighted by atomic mass is 9.75.